The Morgan fingerprint density at radius 2 is 1.86 bits per heavy atom. The minimum Gasteiger partial charge on any atom is -0.329 e. The fraction of sp³-hybridized carbons (Fsp3) is 0.235. The number of rotatable bonds is 3. The van der Waals surface area contributed by atoms with Crippen molar-refractivity contribution in [1.82, 2.24) is 0 Å². The summed E-state index contributed by atoms with van der Waals surface area (Å²) < 4.78 is 0. The third-order valence-electron chi connectivity index (χ3n) is 3.73. The highest BCUT2D eigenvalue weighted by atomic mass is 32.2. The van der Waals surface area contributed by atoms with Crippen molar-refractivity contribution in [1.29, 1.82) is 0 Å². The van der Waals surface area contributed by atoms with Gasteiger partial charge in [0.2, 0.25) is 5.91 Å². The van der Waals surface area contributed by atoms with Gasteiger partial charge in [-0.3, -0.25) is 4.79 Å². The molecule has 3 nitrogen and oxygen atoms in total. The van der Waals surface area contributed by atoms with Gasteiger partial charge in [-0.15, -0.1) is 11.8 Å². The lowest BCUT2D eigenvalue weighted by Crippen LogP contribution is -2.41. The van der Waals surface area contributed by atoms with Crippen LogP contribution in [0.1, 0.15) is 11.5 Å². The van der Waals surface area contributed by atoms with Crippen molar-refractivity contribution in [2.24, 2.45) is 5.73 Å². The standard InChI is InChI=1S/C17H18N2OS/c18-12-14(13-6-2-1-3-7-13)17(20)19-10-11-21-16-9-5-4-8-15(16)19/h1-9,14H,10-12,18H2. The van der Waals surface area contributed by atoms with E-state index in [1.54, 1.807) is 11.8 Å². The lowest BCUT2D eigenvalue weighted by molar-refractivity contribution is -0.119. The van der Waals surface area contributed by atoms with Crippen LogP contribution >= 0.6 is 11.8 Å². The molecule has 0 aromatic heterocycles. The van der Waals surface area contributed by atoms with E-state index in [2.05, 4.69) is 6.07 Å². The average Bonchev–Trinajstić information content (AvgIpc) is 2.56. The van der Waals surface area contributed by atoms with Crippen LogP contribution in [0.25, 0.3) is 0 Å². The van der Waals surface area contributed by atoms with Gasteiger partial charge in [0.25, 0.3) is 0 Å². The molecule has 3 rings (SSSR count). The van der Waals surface area contributed by atoms with Crippen LogP contribution in [0.15, 0.2) is 59.5 Å². The molecule has 21 heavy (non-hydrogen) atoms. The molecule has 0 spiro atoms. The van der Waals surface area contributed by atoms with E-state index in [9.17, 15) is 4.79 Å². The first-order chi connectivity index (χ1) is 10.3. The predicted molar refractivity (Wildman–Crippen MR) is 87.8 cm³/mol. The third-order valence-corrected chi connectivity index (χ3v) is 4.77. The molecule has 0 radical (unpaired) electrons. The second-order valence-electron chi connectivity index (χ2n) is 5.01. The van der Waals surface area contributed by atoms with Crippen molar-refractivity contribution >= 4 is 23.4 Å². The normalized spacial score (nSPS) is 15.4. The second kappa shape index (κ2) is 6.33. The minimum atomic E-state index is -0.276. The van der Waals surface area contributed by atoms with Crippen LogP contribution in [0, 0.1) is 0 Å². The van der Waals surface area contributed by atoms with Crippen molar-refractivity contribution in [2.75, 3.05) is 23.7 Å². The van der Waals surface area contributed by atoms with Gasteiger partial charge < -0.3 is 10.6 Å². The number of benzene rings is 2. The summed E-state index contributed by atoms with van der Waals surface area (Å²) in [6.07, 6.45) is 0. The SMILES string of the molecule is NCC(C(=O)N1CCSc2ccccc21)c1ccccc1. The van der Waals surface area contributed by atoms with Crippen LogP contribution < -0.4 is 10.6 Å². The summed E-state index contributed by atoms with van der Waals surface area (Å²) in [5, 5.41) is 0. The molecule has 1 amide bonds. The molecule has 0 saturated carbocycles. The molecule has 1 unspecified atom stereocenters. The minimum absolute atomic E-state index is 0.0939. The number of carbonyl (C=O) groups excluding carboxylic acids is 1. The highest BCUT2D eigenvalue weighted by Gasteiger charge is 2.28. The molecule has 0 fully saturated rings. The topological polar surface area (TPSA) is 46.3 Å². The van der Waals surface area contributed by atoms with Gasteiger partial charge in [-0.2, -0.15) is 0 Å². The van der Waals surface area contributed by atoms with Crippen LogP contribution in [0.4, 0.5) is 5.69 Å². The Morgan fingerprint density at radius 3 is 2.62 bits per heavy atom. The van der Waals surface area contributed by atoms with Gasteiger partial charge in [0.1, 0.15) is 0 Å². The van der Waals surface area contributed by atoms with E-state index >= 15 is 0 Å². The predicted octanol–water partition coefficient (Wildman–Crippen LogP) is 2.87. The van der Waals surface area contributed by atoms with Crippen LogP contribution in [0.2, 0.25) is 0 Å². The summed E-state index contributed by atoms with van der Waals surface area (Å²) in [6.45, 7) is 1.07. The number of fused-ring (bicyclic) bond motifs is 1. The molecule has 1 heterocycles. The number of anilines is 1. The van der Waals surface area contributed by atoms with Crippen molar-refractivity contribution in [3.05, 3.63) is 60.2 Å². The van der Waals surface area contributed by atoms with Gasteiger partial charge in [0.05, 0.1) is 11.6 Å². The van der Waals surface area contributed by atoms with Gasteiger partial charge >= 0.3 is 0 Å². The van der Waals surface area contributed by atoms with Crippen molar-refractivity contribution in [3.8, 4) is 0 Å². The molecular formula is C17H18N2OS. The van der Waals surface area contributed by atoms with Crippen molar-refractivity contribution in [3.63, 3.8) is 0 Å². The molecular weight excluding hydrogens is 280 g/mol. The fourth-order valence-electron chi connectivity index (χ4n) is 2.65. The summed E-state index contributed by atoms with van der Waals surface area (Å²) in [4.78, 5) is 16.0. The van der Waals surface area contributed by atoms with E-state index in [0.29, 0.717) is 6.54 Å². The number of para-hydroxylation sites is 1. The van der Waals surface area contributed by atoms with Gasteiger partial charge in [-0.1, -0.05) is 42.5 Å². The number of thioether (sulfide) groups is 1. The summed E-state index contributed by atoms with van der Waals surface area (Å²) in [5.41, 5.74) is 7.87. The van der Waals surface area contributed by atoms with Crippen LogP contribution in [0.3, 0.4) is 0 Å². The molecule has 108 valence electrons. The van der Waals surface area contributed by atoms with E-state index in [1.807, 2.05) is 53.4 Å². The summed E-state index contributed by atoms with van der Waals surface area (Å²) in [7, 11) is 0. The third kappa shape index (κ3) is 2.82. The Kier molecular flexibility index (Phi) is 4.27. The highest BCUT2D eigenvalue weighted by Crippen LogP contribution is 2.35. The summed E-state index contributed by atoms with van der Waals surface area (Å²) in [5.74, 6) is 0.744. The van der Waals surface area contributed by atoms with E-state index in [-0.39, 0.29) is 11.8 Å². The Bertz CT molecular complexity index is 630. The van der Waals surface area contributed by atoms with Crippen LogP contribution in [-0.2, 0) is 4.79 Å². The van der Waals surface area contributed by atoms with Crippen LogP contribution in [0.5, 0.6) is 0 Å². The Labute approximate surface area is 129 Å². The Balaban J connectivity index is 1.92. The number of nitrogens with zero attached hydrogens (tertiary/aromatic N) is 1. The number of carbonyl (C=O) groups is 1. The maximum atomic E-state index is 12.9. The molecule has 0 aliphatic carbocycles. The Hall–Kier alpha value is -1.78. The van der Waals surface area contributed by atoms with Gasteiger partial charge in [0.15, 0.2) is 0 Å². The zero-order valence-corrected chi connectivity index (χ0v) is 12.6. The summed E-state index contributed by atoms with van der Waals surface area (Å²) >= 11 is 1.80. The first kappa shape index (κ1) is 14.2. The monoisotopic (exact) mass is 298 g/mol. The van der Waals surface area contributed by atoms with E-state index in [4.69, 9.17) is 5.73 Å². The zero-order chi connectivity index (χ0) is 14.7. The molecule has 1 atom stereocenters. The lowest BCUT2D eigenvalue weighted by atomic mass is 9.97. The maximum absolute atomic E-state index is 12.9. The van der Waals surface area contributed by atoms with E-state index < -0.39 is 0 Å². The lowest BCUT2D eigenvalue weighted by Gasteiger charge is -2.31. The molecule has 1 aliphatic rings. The molecule has 2 N–H and O–H groups in total. The van der Waals surface area contributed by atoms with Gasteiger partial charge in [0, 0.05) is 23.7 Å². The molecule has 1 aliphatic heterocycles. The van der Waals surface area contributed by atoms with Gasteiger partial charge in [-0.25, -0.2) is 0 Å². The van der Waals surface area contributed by atoms with E-state index in [0.717, 1.165) is 23.5 Å². The average molecular weight is 298 g/mol. The Morgan fingerprint density at radius 1 is 1.14 bits per heavy atom. The van der Waals surface area contributed by atoms with Crippen LogP contribution in [-0.4, -0.2) is 24.7 Å². The highest BCUT2D eigenvalue weighted by molar-refractivity contribution is 7.99. The van der Waals surface area contributed by atoms with Crippen molar-refractivity contribution in [2.45, 2.75) is 10.8 Å². The first-order valence-electron chi connectivity index (χ1n) is 7.09. The summed E-state index contributed by atoms with van der Waals surface area (Å²) in [6, 6.07) is 17.9. The smallest absolute Gasteiger partial charge is 0.235 e. The second-order valence-corrected chi connectivity index (χ2v) is 6.14. The molecule has 2 aromatic rings. The first-order valence-corrected chi connectivity index (χ1v) is 8.08. The number of nitrogens with two attached hydrogens (primary N) is 1. The fourth-order valence-corrected chi connectivity index (χ4v) is 3.65. The molecule has 0 bridgehead atoms. The maximum Gasteiger partial charge on any atom is 0.235 e. The molecule has 4 heteroatoms. The quantitative estimate of drug-likeness (QED) is 0.948. The number of amides is 1. The zero-order valence-electron chi connectivity index (χ0n) is 11.7. The largest absolute Gasteiger partial charge is 0.329 e. The molecule has 2 aromatic carbocycles. The number of hydrogen-bond donors (Lipinski definition) is 1. The van der Waals surface area contributed by atoms with E-state index in [1.165, 1.54) is 4.90 Å². The number of hydrogen-bond acceptors (Lipinski definition) is 3. The molecule has 0 saturated heterocycles. The van der Waals surface area contributed by atoms with Gasteiger partial charge in [-0.05, 0) is 17.7 Å². The van der Waals surface area contributed by atoms with Crippen molar-refractivity contribution < 1.29 is 4.79 Å².